The Bertz CT molecular complexity index is 343. The van der Waals surface area contributed by atoms with Crippen molar-refractivity contribution in [1.29, 1.82) is 0 Å². The van der Waals surface area contributed by atoms with Gasteiger partial charge in [-0.2, -0.15) is 0 Å². The van der Waals surface area contributed by atoms with E-state index >= 15 is 0 Å². The summed E-state index contributed by atoms with van der Waals surface area (Å²) in [5, 5.41) is 14.3. The van der Waals surface area contributed by atoms with Gasteiger partial charge in [-0.3, -0.25) is 14.4 Å². The lowest BCUT2D eigenvalue weighted by atomic mass is 10.0. The van der Waals surface area contributed by atoms with Crippen molar-refractivity contribution in [2.75, 3.05) is 0 Å². The maximum atomic E-state index is 11.7. The van der Waals surface area contributed by atoms with Crippen LogP contribution < -0.4 is 16.8 Å². The van der Waals surface area contributed by atoms with Crippen molar-refractivity contribution in [2.24, 2.45) is 5.92 Å². The monoisotopic (exact) mass is 305 g/mol. The summed E-state index contributed by atoms with van der Waals surface area (Å²) >= 11 is 0. The molecule has 0 spiro atoms. The lowest BCUT2D eigenvalue weighted by molar-refractivity contribution is -0.142. The summed E-state index contributed by atoms with van der Waals surface area (Å²) in [6, 6.07) is -1.58. The van der Waals surface area contributed by atoms with Crippen molar-refractivity contribution in [1.82, 2.24) is 16.8 Å². The van der Waals surface area contributed by atoms with Gasteiger partial charge in [0.05, 0.1) is 12.5 Å². The fourth-order valence-corrected chi connectivity index (χ4v) is 1.68. The van der Waals surface area contributed by atoms with Crippen molar-refractivity contribution < 1.29 is 19.5 Å². The highest BCUT2D eigenvalue weighted by Gasteiger charge is 2.24. The summed E-state index contributed by atoms with van der Waals surface area (Å²) in [6.07, 6.45) is -0.191. The Labute approximate surface area is 127 Å². The Kier molecular flexibility index (Phi) is 13.1. The molecule has 0 aliphatic heterocycles. The first-order valence-corrected chi connectivity index (χ1v) is 6.47. The second kappa shape index (κ2) is 11.2. The molecule has 2 atom stereocenters. The van der Waals surface area contributed by atoms with Crippen molar-refractivity contribution in [3.8, 4) is 0 Å². The number of Topliss-reactive ketones (excluding diaryl/α,β-unsaturated/α-hetero) is 1. The molecular weight excluding hydrogens is 274 g/mol. The lowest BCUT2D eigenvalue weighted by Crippen LogP contribution is -2.47. The van der Waals surface area contributed by atoms with Crippen molar-refractivity contribution in [3.63, 3.8) is 0 Å². The molecule has 0 fully saturated rings. The average molecular weight is 305 g/mol. The highest BCUT2D eigenvalue weighted by Crippen LogP contribution is 2.01. The second-order valence-electron chi connectivity index (χ2n) is 5.26. The van der Waals surface area contributed by atoms with Crippen LogP contribution in [0.5, 0.6) is 0 Å². The predicted octanol–water partition coefficient (Wildman–Crippen LogP) is 1.36. The normalized spacial score (nSPS) is 12.9. The molecule has 6 N–H and O–H groups in total. The Morgan fingerprint density at radius 2 is 1.52 bits per heavy atom. The number of carbonyl (C=O) groups excluding carboxylic acids is 2. The molecule has 21 heavy (non-hydrogen) atoms. The number of aliphatic carboxylic acids is 1. The molecule has 0 aromatic heterocycles. The van der Waals surface area contributed by atoms with Crippen LogP contribution in [0.15, 0.2) is 0 Å². The van der Waals surface area contributed by atoms with E-state index in [1.165, 1.54) is 0 Å². The van der Waals surface area contributed by atoms with Crippen LogP contribution in [0.2, 0.25) is 0 Å². The third-order valence-corrected chi connectivity index (χ3v) is 2.60. The van der Waals surface area contributed by atoms with Gasteiger partial charge in [0.1, 0.15) is 6.04 Å². The molecule has 0 heterocycles. The lowest BCUT2D eigenvalue weighted by Gasteiger charge is -2.19. The van der Waals surface area contributed by atoms with E-state index in [0.717, 1.165) is 0 Å². The zero-order valence-corrected chi connectivity index (χ0v) is 12.9. The first-order chi connectivity index (χ1) is 8.65. The maximum Gasteiger partial charge on any atom is 0.321 e. The Morgan fingerprint density at radius 3 is 1.86 bits per heavy atom. The topological polar surface area (TPSA) is 130 Å². The first kappa shape index (κ1) is 24.5. The van der Waals surface area contributed by atoms with Crippen LogP contribution in [-0.4, -0.2) is 40.9 Å². The van der Waals surface area contributed by atoms with Crippen LogP contribution in [0.25, 0.3) is 0 Å². The molecule has 7 heteroatoms. The van der Waals surface area contributed by atoms with Gasteiger partial charge in [-0.15, -0.1) is 0 Å². The highest BCUT2D eigenvalue weighted by atomic mass is 16.4. The molecule has 0 aliphatic rings. The molecule has 0 aliphatic carbocycles. The van der Waals surface area contributed by atoms with E-state index in [0.29, 0.717) is 0 Å². The van der Waals surface area contributed by atoms with E-state index in [1.54, 1.807) is 34.6 Å². The summed E-state index contributed by atoms with van der Waals surface area (Å²) in [7, 11) is 0. The molecule has 0 bridgehead atoms. The molecule has 126 valence electrons. The van der Waals surface area contributed by atoms with Gasteiger partial charge in [-0.25, -0.2) is 0 Å². The third-order valence-electron chi connectivity index (χ3n) is 2.60. The smallest absolute Gasteiger partial charge is 0.321 e. The van der Waals surface area contributed by atoms with Crippen LogP contribution in [0.4, 0.5) is 0 Å². The number of rotatable bonds is 8. The maximum absolute atomic E-state index is 11.7. The zero-order chi connectivity index (χ0) is 15.2. The zero-order valence-electron chi connectivity index (χ0n) is 12.9. The number of hydrogen-bond acceptors (Lipinski definition) is 5. The average Bonchev–Trinajstić information content (AvgIpc) is 2.25. The quantitative estimate of drug-likeness (QED) is 0.535. The van der Waals surface area contributed by atoms with Gasteiger partial charge in [0.2, 0.25) is 5.91 Å². The molecule has 7 nitrogen and oxygen atoms in total. The van der Waals surface area contributed by atoms with Gasteiger partial charge >= 0.3 is 5.97 Å². The van der Waals surface area contributed by atoms with Crippen LogP contribution >= 0.6 is 0 Å². The number of amides is 1. The van der Waals surface area contributed by atoms with Crippen LogP contribution in [-0.2, 0) is 14.4 Å². The number of carboxylic acids is 1. The number of carbonyl (C=O) groups is 3. The number of carboxylic acid groups (broad SMARTS) is 1. The van der Waals surface area contributed by atoms with Gasteiger partial charge in [0.25, 0.3) is 0 Å². The minimum absolute atomic E-state index is 0. The van der Waals surface area contributed by atoms with E-state index in [4.69, 9.17) is 5.11 Å². The van der Waals surface area contributed by atoms with E-state index in [-0.39, 0.29) is 37.7 Å². The van der Waals surface area contributed by atoms with Crippen LogP contribution in [0.3, 0.4) is 0 Å². The molecule has 0 saturated heterocycles. The first-order valence-electron chi connectivity index (χ1n) is 6.47. The van der Waals surface area contributed by atoms with Gasteiger partial charge in [0.15, 0.2) is 5.78 Å². The number of nitrogens with one attached hydrogen (secondary N) is 2. The minimum atomic E-state index is -1.08. The van der Waals surface area contributed by atoms with Crippen LogP contribution in [0.1, 0.15) is 48.5 Å². The molecule has 0 saturated carbocycles. The Hall–Kier alpha value is -1.47. The summed E-state index contributed by atoms with van der Waals surface area (Å²) in [5.41, 5.74) is 0. The van der Waals surface area contributed by atoms with E-state index < -0.39 is 24.0 Å². The molecule has 0 rings (SSSR count). The second-order valence-corrected chi connectivity index (χ2v) is 5.26. The van der Waals surface area contributed by atoms with Gasteiger partial charge in [-0.1, -0.05) is 35.1 Å². The molecule has 0 radical (unpaired) electrons. The van der Waals surface area contributed by atoms with Crippen LogP contribution in [0, 0.1) is 5.92 Å². The summed E-state index contributed by atoms with van der Waals surface area (Å²) < 4.78 is 0. The Balaban J connectivity index is -0.00000162. The fourth-order valence-electron chi connectivity index (χ4n) is 1.68. The largest absolute Gasteiger partial charge is 0.480 e. The minimum Gasteiger partial charge on any atom is -0.480 e. The van der Waals surface area contributed by atoms with Crippen molar-refractivity contribution >= 4 is 17.7 Å². The van der Waals surface area contributed by atoms with Crippen molar-refractivity contribution in [3.05, 3.63) is 0 Å². The summed E-state index contributed by atoms with van der Waals surface area (Å²) in [6.45, 7) is 8.72. The van der Waals surface area contributed by atoms with E-state index in [9.17, 15) is 14.4 Å². The standard InChI is InChI=1S/C13H24N2O4.CH4.H3N/c1-7(2)12(17)9(5)15-11(16)6-10(13(18)19)14-8(3)4;;/h7-10,14H,6H2,1-5H3,(H,15,16)(H,18,19);1H4;1H3. The fraction of sp³-hybridized carbons (Fsp3) is 0.786. The molecular formula is C14H31N3O4. The van der Waals surface area contributed by atoms with Gasteiger partial charge in [0, 0.05) is 12.0 Å². The van der Waals surface area contributed by atoms with E-state index in [2.05, 4.69) is 10.6 Å². The summed E-state index contributed by atoms with van der Waals surface area (Å²) in [4.78, 5) is 34.3. The van der Waals surface area contributed by atoms with Gasteiger partial charge in [-0.05, 0) is 6.92 Å². The molecule has 0 aromatic rings. The predicted molar refractivity (Wildman–Crippen MR) is 83.5 cm³/mol. The Morgan fingerprint density at radius 1 is 1.05 bits per heavy atom. The number of hydrogen-bond donors (Lipinski definition) is 4. The molecule has 0 aromatic carbocycles. The van der Waals surface area contributed by atoms with Gasteiger partial charge < -0.3 is 21.9 Å². The molecule has 2 unspecified atom stereocenters. The number of ketones is 1. The van der Waals surface area contributed by atoms with Crippen molar-refractivity contribution in [2.45, 2.75) is 66.6 Å². The molecule has 1 amide bonds. The van der Waals surface area contributed by atoms with E-state index in [1.807, 2.05) is 0 Å². The highest BCUT2D eigenvalue weighted by molar-refractivity contribution is 5.91. The summed E-state index contributed by atoms with van der Waals surface area (Å²) in [5.74, 6) is -1.76. The SMILES string of the molecule is C.CC(C)NC(CC(=O)NC(C)C(=O)C(C)C)C(=O)O.N. The third kappa shape index (κ3) is 9.97.